The number of Topliss-reactive ketones (excluding diaryl/α,β-unsaturated/α-hetero) is 1. The van der Waals surface area contributed by atoms with Crippen molar-refractivity contribution in [2.75, 3.05) is 6.54 Å². The second kappa shape index (κ2) is 8.16. The van der Waals surface area contributed by atoms with Crippen LogP contribution < -0.4 is 5.73 Å². The van der Waals surface area contributed by atoms with Crippen LogP contribution in [0.3, 0.4) is 0 Å². The van der Waals surface area contributed by atoms with Gasteiger partial charge in [0.05, 0.1) is 16.5 Å². The van der Waals surface area contributed by atoms with Gasteiger partial charge in [0, 0.05) is 5.56 Å². The van der Waals surface area contributed by atoms with Crippen LogP contribution in [0.4, 0.5) is 4.39 Å². The number of rotatable bonds is 3. The molecule has 0 saturated heterocycles. The van der Waals surface area contributed by atoms with Crippen LogP contribution >= 0.6 is 11.6 Å². The van der Waals surface area contributed by atoms with E-state index in [2.05, 4.69) is 0 Å². The van der Waals surface area contributed by atoms with E-state index in [1.54, 1.807) is 12.1 Å². The van der Waals surface area contributed by atoms with Crippen molar-refractivity contribution < 1.29 is 22.2 Å². The molecule has 0 aliphatic heterocycles. The summed E-state index contributed by atoms with van der Waals surface area (Å²) < 4.78 is 42.1. The maximum absolute atomic E-state index is 12.6. The van der Waals surface area contributed by atoms with Crippen molar-refractivity contribution in [1.82, 2.24) is 0 Å². The van der Waals surface area contributed by atoms with Crippen molar-refractivity contribution in [2.45, 2.75) is 11.8 Å². The number of halogens is 2. The first-order chi connectivity index (χ1) is 10.6. The SMILES string of the molecule is Cc1ccc(S(=O)(=O)O)cc1.NCC(=O)c1ccc(F)c(Cl)c1. The van der Waals surface area contributed by atoms with Gasteiger partial charge in [0.1, 0.15) is 5.82 Å². The summed E-state index contributed by atoms with van der Waals surface area (Å²) in [7, 11) is -4.02. The first-order valence-corrected chi connectivity index (χ1v) is 8.19. The zero-order chi connectivity index (χ0) is 17.6. The second-order valence-electron chi connectivity index (χ2n) is 4.54. The molecule has 0 aliphatic carbocycles. The van der Waals surface area contributed by atoms with Crippen molar-refractivity contribution in [3.05, 3.63) is 64.4 Å². The summed E-state index contributed by atoms with van der Waals surface area (Å²) in [6, 6.07) is 9.76. The molecule has 0 atom stereocenters. The van der Waals surface area contributed by atoms with E-state index in [1.165, 1.54) is 24.3 Å². The lowest BCUT2D eigenvalue weighted by Crippen LogP contribution is -2.13. The predicted octanol–water partition coefficient (Wildman–Crippen LogP) is 2.86. The summed E-state index contributed by atoms with van der Waals surface area (Å²) in [4.78, 5) is 10.9. The fourth-order valence-corrected chi connectivity index (χ4v) is 2.16. The topological polar surface area (TPSA) is 97.5 Å². The molecule has 0 fully saturated rings. The first kappa shape index (κ1) is 19.2. The average Bonchev–Trinajstić information content (AvgIpc) is 2.49. The molecule has 0 saturated carbocycles. The van der Waals surface area contributed by atoms with E-state index < -0.39 is 15.9 Å². The largest absolute Gasteiger partial charge is 0.324 e. The van der Waals surface area contributed by atoms with Crippen LogP contribution in [0.2, 0.25) is 5.02 Å². The Morgan fingerprint density at radius 2 is 1.78 bits per heavy atom. The zero-order valence-electron chi connectivity index (χ0n) is 12.2. The van der Waals surface area contributed by atoms with Crippen molar-refractivity contribution in [1.29, 1.82) is 0 Å². The Balaban J connectivity index is 0.000000231. The number of benzene rings is 2. The standard InChI is InChI=1S/C8H7ClFNO.C7H8O3S/c9-6-3-5(8(12)4-11)1-2-7(6)10;1-6-2-4-7(5-3-6)11(8,9)10/h1-3H,4,11H2;2-5H,1H3,(H,8,9,10). The summed E-state index contributed by atoms with van der Waals surface area (Å²) in [5.74, 6) is -0.790. The van der Waals surface area contributed by atoms with Gasteiger partial charge in [0.25, 0.3) is 10.1 Å². The number of carbonyl (C=O) groups is 1. The number of nitrogens with two attached hydrogens (primary N) is 1. The van der Waals surface area contributed by atoms with Gasteiger partial charge in [-0.25, -0.2) is 4.39 Å². The molecule has 0 spiro atoms. The molecule has 0 bridgehead atoms. The molecule has 0 aromatic heterocycles. The van der Waals surface area contributed by atoms with Crippen LogP contribution in [0.15, 0.2) is 47.4 Å². The van der Waals surface area contributed by atoms with Crippen molar-refractivity contribution in [3.8, 4) is 0 Å². The lowest BCUT2D eigenvalue weighted by molar-refractivity contribution is 0.100. The Labute approximate surface area is 138 Å². The van der Waals surface area contributed by atoms with Crippen molar-refractivity contribution >= 4 is 27.5 Å². The van der Waals surface area contributed by atoms with Gasteiger partial charge in [-0.3, -0.25) is 9.35 Å². The molecule has 0 amide bonds. The third kappa shape index (κ3) is 6.07. The maximum atomic E-state index is 12.6. The third-order valence-electron chi connectivity index (χ3n) is 2.75. The van der Waals surface area contributed by atoms with Crippen molar-refractivity contribution in [2.24, 2.45) is 5.73 Å². The molecular weight excluding hydrogens is 345 g/mol. The molecule has 2 aromatic carbocycles. The van der Waals surface area contributed by atoms with E-state index in [0.717, 1.165) is 11.6 Å². The van der Waals surface area contributed by atoms with E-state index >= 15 is 0 Å². The molecule has 2 rings (SSSR count). The summed E-state index contributed by atoms with van der Waals surface area (Å²) in [6.45, 7) is 1.75. The van der Waals surface area contributed by atoms with E-state index in [1.807, 2.05) is 6.92 Å². The van der Waals surface area contributed by atoms with Crippen LogP contribution in [-0.4, -0.2) is 25.3 Å². The van der Waals surface area contributed by atoms with Gasteiger partial charge < -0.3 is 5.73 Å². The highest BCUT2D eigenvalue weighted by Gasteiger charge is 2.07. The lowest BCUT2D eigenvalue weighted by atomic mass is 10.1. The minimum absolute atomic E-state index is 0.0608. The Hall–Kier alpha value is -1.80. The number of hydrogen-bond acceptors (Lipinski definition) is 4. The smallest absolute Gasteiger partial charge is 0.294 e. The van der Waals surface area contributed by atoms with Gasteiger partial charge in [-0.2, -0.15) is 8.42 Å². The van der Waals surface area contributed by atoms with Gasteiger partial charge in [-0.15, -0.1) is 0 Å². The van der Waals surface area contributed by atoms with E-state index in [4.69, 9.17) is 21.9 Å². The molecule has 3 N–H and O–H groups in total. The van der Waals surface area contributed by atoms with Gasteiger partial charge >= 0.3 is 0 Å². The Bertz CT molecular complexity index is 792. The van der Waals surface area contributed by atoms with Crippen LogP contribution in [0, 0.1) is 12.7 Å². The van der Waals surface area contributed by atoms with Gasteiger partial charge in [-0.1, -0.05) is 29.3 Å². The highest BCUT2D eigenvalue weighted by atomic mass is 35.5. The number of hydrogen-bond donors (Lipinski definition) is 2. The Kier molecular flexibility index (Phi) is 6.83. The minimum Gasteiger partial charge on any atom is -0.324 e. The molecule has 0 unspecified atom stereocenters. The highest BCUT2D eigenvalue weighted by Crippen LogP contribution is 2.15. The molecule has 23 heavy (non-hydrogen) atoms. The van der Waals surface area contributed by atoms with Crippen LogP contribution in [0.1, 0.15) is 15.9 Å². The molecular formula is C15H15ClFNO4S. The van der Waals surface area contributed by atoms with Gasteiger partial charge in [0.15, 0.2) is 5.78 Å². The lowest BCUT2D eigenvalue weighted by Gasteiger charge is -1.98. The minimum atomic E-state index is -4.02. The fourth-order valence-electron chi connectivity index (χ4n) is 1.50. The van der Waals surface area contributed by atoms with Crippen LogP contribution in [0.5, 0.6) is 0 Å². The third-order valence-corrected chi connectivity index (χ3v) is 3.90. The molecule has 2 aromatic rings. The van der Waals surface area contributed by atoms with Crippen LogP contribution in [0.25, 0.3) is 0 Å². The van der Waals surface area contributed by atoms with Gasteiger partial charge in [0.2, 0.25) is 0 Å². The molecule has 8 heteroatoms. The average molecular weight is 360 g/mol. The quantitative estimate of drug-likeness (QED) is 0.648. The number of aryl methyl sites for hydroxylation is 1. The monoisotopic (exact) mass is 359 g/mol. The number of ketones is 1. The van der Waals surface area contributed by atoms with Crippen LogP contribution in [-0.2, 0) is 10.1 Å². The normalized spacial score (nSPS) is 10.7. The van der Waals surface area contributed by atoms with E-state index in [0.29, 0.717) is 5.56 Å². The molecule has 0 aliphatic rings. The molecule has 5 nitrogen and oxygen atoms in total. The first-order valence-electron chi connectivity index (χ1n) is 6.37. The summed E-state index contributed by atoms with van der Waals surface area (Å²) in [5.41, 5.74) is 6.40. The van der Waals surface area contributed by atoms with Crippen molar-refractivity contribution in [3.63, 3.8) is 0 Å². The molecule has 124 valence electrons. The Morgan fingerprint density at radius 1 is 1.22 bits per heavy atom. The summed E-state index contributed by atoms with van der Waals surface area (Å²) >= 11 is 5.45. The zero-order valence-corrected chi connectivity index (χ0v) is 13.7. The maximum Gasteiger partial charge on any atom is 0.294 e. The summed E-state index contributed by atoms with van der Waals surface area (Å²) in [5, 5.41) is -0.0608. The molecule has 0 radical (unpaired) electrons. The number of carbonyl (C=O) groups excluding carboxylic acids is 1. The van der Waals surface area contributed by atoms with E-state index in [9.17, 15) is 17.6 Å². The Morgan fingerprint density at radius 3 is 2.22 bits per heavy atom. The second-order valence-corrected chi connectivity index (χ2v) is 6.37. The molecule has 0 heterocycles. The summed E-state index contributed by atoms with van der Waals surface area (Å²) in [6.07, 6.45) is 0. The highest BCUT2D eigenvalue weighted by molar-refractivity contribution is 7.85. The van der Waals surface area contributed by atoms with E-state index in [-0.39, 0.29) is 22.2 Å². The fraction of sp³-hybridized carbons (Fsp3) is 0.133. The van der Waals surface area contributed by atoms with Gasteiger partial charge in [-0.05, 0) is 37.3 Å². The predicted molar refractivity (Wildman–Crippen MR) is 85.8 cm³/mol.